The van der Waals surface area contributed by atoms with Crippen LogP contribution < -0.4 is 5.73 Å². The Kier molecular flexibility index (Phi) is 3.17. The summed E-state index contributed by atoms with van der Waals surface area (Å²) in [5.41, 5.74) is 9.06. The number of hydrogen-bond donors (Lipinski definition) is 2. The van der Waals surface area contributed by atoms with Crippen LogP contribution in [0.2, 0.25) is 0 Å². The first-order valence-electron chi connectivity index (χ1n) is 5.02. The number of hydrogen-bond acceptors (Lipinski definition) is 2. The second-order valence-corrected chi connectivity index (χ2v) is 4.21. The molecular weight excluding hydrogens is 174 g/mol. The molecule has 1 rings (SSSR count). The van der Waals surface area contributed by atoms with Gasteiger partial charge in [-0.15, -0.1) is 0 Å². The van der Waals surface area contributed by atoms with E-state index in [9.17, 15) is 5.11 Å². The highest BCUT2D eigenvalue weighted by molar-refractivity contribution is 5.43. The molecule has 1 aromatic carbocycles. The summed E-state index contributed by atoms with van der Waals surface area (Å²) in [5, 5.41) is 9.61. The third-order valence-corrected chi connectivity index (χ3v) is 2.51. The normalized spacial score (nSPS) is 13.3. The van der Waals surface area contributed by atoms with Gasteiger partial charge in [-0.05, 0) is 42.5 Å². The highest BCUT2D eigenvalue weighted by atomic mass is 16.3. The first kappa shape index (κ1) is 11.1. The van der Waals surface area contributed by atoms with Crippen LogP contribution in [0.3, 0.4) is 0 Å². The molecular formula is C12H19NO. The summed E-state index contributed by atoms with van der Waals surface area (Å²) in [6, 6.07) is 3.83. The first-order chi connectivity index (χ1) is 6.43. The number of benzene rings is 1. The minimum absolute atomic E-state index is 0.0201. The van der Waals surface area contributed by atoms with Gasteiger partial charge in [0.15, 0.2) is 0 Å². The standard InChI is InChI=1S/C12H19NO/c1-7(2)10-6-12(14)8(3)5-11(10)9(4)13/h5-7,9,14H,13H2,1-4H3. The number of phenols is 1. The molecule has 78 valence electrons. The lowest BCUT2D eigenvalue weighted by Gasteiger charge is -2.17. The smallest absolute Gasteiger partial charge is 0.118 e. The molecule has 3 N–H and O–H groups in total. The summed E-state index contributed by atoms with van der Waals surface area (Å²) in [7, 11) is 0. The van der Waals surface area contributed by atoms with Crippen molar-refractivity contribution >= 4 is 0 Å². The number of phenolic OH excluding ortho intramolecular Hbond substituents is 1. The molecule has 2 nitrogen and oxygen atoms in total. The van der Waals surface area contributed by atoms with Gasteiger partial charge >= 0.3 is 0 Å². The summed E-state index contributed by atoms with van der Waals surface area (Å²) in [4.78, 5) is 0. The topological polar surface area (TPSA) is 46.2 Å². The molecule has 1 atom stereocenters. The van der Waals surface area contributed by atoms with Crippen LogP contribution in [0.4, 0.5) is 0 Å². The largest absolute Gasteiger partial charge is 0.508 e. The Hall–Kier alpha value is -1.02. The molecule has 0 bridgehead atoms. The molecule has 0 aliphatic heterocycles. The Labute approximate surface area is 85.8 Å². The molecule has 0 aliphatic rings. The van der Waals surface area contributed by atoms with Crippen LogP contribution in [0.1, 0.15) is 49.4 Å². The van der Waals surface area contributed by atoms with Crippen molar-refractivity contribution < 1.29 is 5.11 Å². The van der Waals surface area contributed by atoms with Gasteiger partial charge in [0.05, 0.1) is 0 Å². The molecule has 0 aromatic heterocycles. The second-order valence-electron chi connectivity index (χ2n) is 4.21. The van der Waals surface area contributed by atoms with Crippen molar-refractivity contribution in [2.24, 2.45) is 5.73 Å². The second kappa shape index (κ2) is 4.01. The van der Waals surface area contributed by atoms with Crippen molar-refractivity contribution in [2.75, 3.05) is 0 Å². The molecule has 14 heavy (non-hydrogen) atoms. The van der Waals surface area contributed by atoms with E-state index in [1.165, 1.54) is 0 Å². The van der Waals surface area contributed by atoms with E-state index in [2.05, 4.69) is 13.8 Å². The molecule has 0 saturated carbocycles. The average Bonchev–Trinajstić information content (AvgIpc) is 2.08. The van der Waals surface area contributed by atoms with Crippen molar-refractivity contribution in [1.29, 1.82) is 0 Å². The van der Waals surface area contributed by atoms with Crippen molar-refractivity contribution in [3.63, 3.8) is 0 Å². The van der Waals surface area contributed by atoms with Crippen LogP contribution in [-0.4, -0.2) is 5.11 Å². The fourth-order valence-corrected chi connectivity index (χ4v) is 1.63. The fourth-order valence-electron chi connectivity index (χ4n) is 1.63. The van der Waals surface area contributed by atoms with Crippen LogP contribution in [0.5, 0.6) is 5.75 Å². The van der Waals surface area contributed by atoms with E-state index in [-0.39, 0.29) is 6.04 Å². The van der Waals surface area contributed by atoms with E-state index in [0.717, 1.165) is 16.7 Å². The maximum atomic E-state index is 9.61. The predicted octanol–water partition coefficient (Wildman–Crippen LogP) is 2.84. The van der Waals surface area contributed by atoms with Gasteiger partial charge in [0.25, 0.3) is 0 Å². The molecule has 2 heteroatoms. The van der Waals surface area contributed by atoms with Gasteiger partial charge in [-0.3, -0.25) is 0 Å². The van der Waals surface area contributed by atoms with Gasteiger partial charge in [0.2, 0.25) is 0 Å². The van der Waals surface area contributed by atoms with Crippen molar-refractivity contribution in [1.82, 2.24) is 0 Å². The first-order valence-corrected chi connectivity index (χ1v) is 5.02. The van der Waals surface area contributed by atoms with Gasteiger partial charge in [0, 0.05) is 6.04 Å². The summed E-state index contributed by atoms with van der Waals surface area (Å²) >= 11 is 0. The highest BCUT2D eigenvalue weighted by Crippen LogP contribution is 2.30. The molecule has 0 radical (unpaired) electrons. The molecule has 0 aliphatic carbocycles. The molecule has 0 amide bonds. The quantitative estimate of drug-likeness (QED) is 0.758. The van der Waals surface area contributed by atoms with Crippen LogP contribution in [-0.2, 0) is 0 Å². The number of rotatable bonds is 2. The predicted molar refractivity (Wildman–Crippen MR) is 59.5 cm³/mol. The van der Waals surface area contributed by atoms with Gasteiger partial charge in [0.1, 0.15) is 5.75 Å². The van der Waals surface area contributed by atoms with Crippen LogP contribution in [0.25, 0.3) is 0 Å². The van der Waals surface area contributed by atoms with E-state index >= 15 is 0 Å². The number of nitrogens with two attached hydrogens (primary N) is 1. The fraction of sp³-hybridized carbons (Fsp3) is 0.500. The maximum absolute atomic E-state index is 9.61. The number of aryl methyl sites for hydroxylation is 1. The van der Waals surface area contributed by atoms with Crippen LogP contribution in [0.15, 0.2) is 12.1 Å². The Morgan fingerprint density at radius 2 is 1.71 bits per heavy atom. The SMILES string of the molecule is Cc1cc(C(C)N)c(C(C)C)cc1O. The molecule has 1 unspecified atom stereocenters. The van der Waals surface area contributed by atoms with E-state index in [1.807, 2.05) is 26.0 Å². The van der Waals surface area contributed by atoms with Gasteiger partial charge in [-0.25, -0.2) is 0 Å². The minimum Gasteiger partial charge on any atom is -0.508 e. The van der Waals surface area contributed by atoms with Gasteiger partial charge < -0.3 is 10.8 Å². The summed E-state index contributed by atoms with van der Waals surface area (Å²) < 4.78 is 0. The summed E-state index contributed by atoms with van der Waals surface area (Å²) in [5.74, 6) is 0.751. The van der Waals surface area contributed by atoms with Crippen molar-refractivity contribution in [3.8, 4) is 5.75 Å². The molecule has 0 fully saturated rings. The third kappa shape index (κ3) is 2.07. The molecule has 0 saturated heterocycles. The lowest BCUT2D eigenvalue weighted by atomic mass is 9.92. The van der Waals surface area contributed by atoms with E-state index in [1.54, 1.807) is 0 Å². The summed E-state index contributed by atoms with van der Waals surface area (Å²) in [6.45, 7) is 8.08. The van der Waals surface area contributed by atoms with Crippen molar-refractivity contribution in [3.05, 3.63) is 28.8 Å². The summed E-state index contributed by atoms with van der Waals surface area (Å²) in [6.07, 6.45) is 0. The van der Waals surface area contributed by atoms with E-state index in [0.29, 0.717) is 11.7 Å². The molecule has 1 aromatic rings. The van der Waals surface area contributed by atoms with Crippen LogP contribution in [0, 0.1) is 6.92 Å². The Bertz CT molecular complexity index is 296. The zero-order valence-corrected chi connectivity index (χ0v) is 9.33. The zero-order valence-electron chi connectivity index (χ0n) is 9.33. The maximum Gasteiger partial charge on any atom is 0.118 e. The van der Waals surface area contributed by atoms with Gasteiger partial charge in [-0.2, -0.15) is 0 Å². The lowest BCUT2D eigenvalue weighted by Crippen LogP contribution is -2.09. The van der Waals surface area contributed by atoms with Crippen LogP contribution >= 0.6 is 0 Å². The minimum atomic E-state index is 0.0201. The number of aromatic hydroxyl groups is 1. The third-order valence-electron chi connectivity index (χ3n) is 2.51. The van der Waals surface area contributed by atoms with E-state index < -0.39 is 0 Å². The lowest BCUT2D eigenvalue weighted by molar-refractivity contribution is 0.469. The Morgan fingerprint density at radius 3 is 2.14 bits per heavy atom. The Balaban J connectivity index is 3.31. The average molecular weight is 193 g/mol. The molecule has 0 heterocycles. The molecule has 0 spiro atoms. The van der Waals surface area contributed by atoms with Crippen molar-refractivity contribution in [2.45, 2.75) is 39.7 Å². The monoisotopic (exact) mass is 193 g/mol. The van der Waals surface area contributed by atoms with E-state index in [4.69, 9.17) is 5.73 Å². The Morgan fingerprint density at radius 1 is 1.14 bits per heavy atom. The zero-order chi connectivity index (χ0) is 10.9. The van der Waals surface area contributed by atoms with Gasteiger partial charge in [-0.1, -0.05) is 19.9 Å². The highest BCUT2D eigenvalue weighted by Gasteiger charge is 2.12.